The highest BCUT2D eigenvalue weighted by Crippen LogP contribution is 2.48. The molecule has 3 aliphatic rings. The van der Waals surface area contributed by atoms with E-state index in [4.69, 9.17) is 21.1 Å². The van der Waals surface area contributed by atoms with Crippen LogP contribution >= 0.6 is 11.6 Å². The second kappa shape index (κ2) is 7.29. The lowest BCUT2D eigenvalue weighted by molar-refractivity contribution is -0.0739. The molecule has 4 rings (SSSR count). The monoisotopic (exact) mass is 379 g/mol. The average Bonchev–Trinajstić information content (AvgIpc) is 2.67. The standard InChI is InChI=1S/C20H23ClFNO3/c21-17-12-15(22)2-3-16(17)19(24)23-8-1-7-20(13-26-11-6-18(20)23)14-4-9-25-10-5-14/h2-4,12,18H,1,5-11,13H2/t18-,20-/m0/s1. The van der Waals surface area contributed by atoms with Gasteiger partial charge in [-0.3, -0.25) is 4.79 Å². The molecule has 1 amide bonds. The number of fused-ring (bicyclic) bond motifs is 1. The third-order valence-electron chi connectivity index (χ3n) is 5.96. The quantitative estimate of drug-likeness (QED) is 0.733. The number of piperidine rings is 1. The van der Waals surface area contributed by atoms with Crippen LogP contribution < -0.4 is 0 Å². The molecule has 0 spiro atoms. The van der Waals surface area contributed by atoms with Gasteiger partial charge < -0.3 is 14.4 Å². The third-order valence-corrected chi connectivity index (χ3v) is 6.27. The zero-order valence-electron chi connectivity index (χ0n) is 14.7. The Morgan fingerprint density at radius 2 is 2.19 bits per heavy atom. The van der Waals surface area contributed by atoms with E-state index in [2.05, 4.69) is 6.08 Å². The molecule has 1 aromatic carbocycles. The Hall–Kier alpha value is -1.43. The summed E-state index contributed by atoms with van der Waals surface area (Å²) in [6.45, 7) is 3.34. The van der Waals surface area contributed by atoms with E-state index in [1.165, 1.54) is 23.8 Å². The minimum Gasteiger partial charge on any atom is -0.380 e. The summed E-state index contributed by atoms with van der Waals surface area (Å²) >= 11 is 6.16. The second-order valence-electron chi connectivity index (χ2n) is 7.29. The highest BCUT2D eigenvalue weighted by atomic mass is 35.5. The van der Waals surface area contributed by atoms with Gasteiger partial charge in [-0.1, -0.05) is 23.3 Å². The molecule has 2 saturated heterocycles. The van der Waals surface area contributed by atoms with Gasteiger partial charge in [-0.05, 0) is 43.9 Å². The summed E-state index contributed by atoms with van der Waals surface area (Å²) in [5.41, 5.74) is 1.59. The summed E-state index contributed by atoms with van der Waals surface area (Å²) in [6, 6.07) is 4.07. The first-order valence-corrected chi connectivity index (χ1v) is 9.61. The van der Waals surface area contributed by atoms with Gasteiger partial charge in [0.05, 0.1) is 30.4 Å². The maximum Gasteiger partial charge on any atom is 0.255 e. The largest absolute Gasteiger partial charge is 0.380 e. The van der Waals surface area contributed by atoms with Crippen LogP contribution in [0.15, 0.2) is 29.8 Å². The van der Waals surface area contributed by atoms with Gasteiger partial charge in [0.2, 0.25) is 0 Å². The predicted octanol–water partition coefficient (Wildman–Crippen LogP) is 3.84. The number of hydrogen-bond donors (Lipinski definition) is 0. The van der Waals surface area contributed by atoms with Gasteiger partial charge in [-0.2, -0.15) is 0 Å². The van der Waals surface area contributed by atoms with Gasteiger partial charge in [0.15, 0.2) is 0 Å². The SMILES string of the molecule is O=C(c1ccc(F)cc1Cl)N1CCC[C@@]2(C3=CCOCC3)COCC[C@H]12. The highest BCUT2D eigenvalue weighted by molar-refractivity contribution is 6.33. The summed E-state index contributed by atoms with van der Waals surface area (Å²) in [6.07, 6.45) is 5.80. The number of carbonyl (C=O) groups excluding carboxylic acids is 1. The normalized spacial score (nSPS) is 29.1. The van der Waals surface area contributed by atoms with Gasteiger partial charge in [0, 0.05) is 24.6 Å². The van der Waals surface area contributed by atoms with E-state index in [-0.39, 0.29) is 22.4 Å². The Labute approximate surface area is 157 Å². The van der Waals surface area contributed by atoms with E-state index in [1.54, 1.807) is 0 Å². The minimum atomic E-state index is -0.432. The number of carbonyl (C=O) groups is 1. The molecular formula is C20H23ClFNO3. The summed E-state index contributed by atoms with van der Waals surface area (Å²) < 4.78 is 24.7. The Kier molecular flexibility index (Phi) is 5.04. The average molecular weight is 380 g/mol. The maximum atomic E-state index is 13.4. The third kappa shape index (κ3) is 3.06. The fraction of sp³-hybridized carbons (Fsp3) is 0.550. The van der Waals surface area contributed by atoms with Crippen molar-refractivity contribution in [2.24, 2.45) is 5.41 Å². The van der Waals surface area contributed by atoms with Crippen LogP contribution in [0.4, 0.5) is 4.39 Å². The minimum absolute atomic E-state index is 0.0861. The van der Waals surface area contributed by atoms with E-state index in [1.807, 2.05) is 4.90 Å². The number of ether oxygens (including phenoxy) is 2. The Morgan fingerprint density at radius 3 is 2.96 bits per heavy atom. The molecule has 0 bridgehead atoms. The summed E-state index contributed by atoms with van der Waals surface area (Å²) in [4.78, 5) is 15.2. The number of nitrogens with zero attached hydrogens (tertiary/aromatic N) is 1. The number of likely N-dealkylation sites (tertiary alicyclic amines) is 1. The zero-order valence-corrected chi connectivity index (χ0v) is 15.4. The van der Waals surface area contributed by atoms with Crippen molar-refractivity contribution in [3.05, 3.63) is 46.3 Å². The van der Waals surface area contributed by atoms with Gasteiger partial charge in [-0.25, -0.2) is 4.39 Å². The first-order valence-electron chi connectivity index (χ1n) is 9.23. The molecule has 3 heterocycles. The topological polar surface area (TPSA) is 38.8 Å². The van der Waals surface area contributed by atoms with Crippen LogP contribution in [-0.2, 0) is 9.47 Å². The van der Waals surface area contributed by atoms with Crippen LogP contribution in [0.25, 0.3) is 0 Å². The fourth-order valence-corrected chi connectivity index (χ4v) is 4.99. The lowest BCUT2D eigenvalue weighted by Crippen LogP contribution is -2.59. The zero-order chi connectivity index (χ0) is 18.1. The number of halogens is 2. The summed E-state index contributed by atoms with van der Waals surface area (Å²) in [5, 5.41) is 0.170. The van der Waals surface area contributed by atoms with E-state index in [0.29, 0.717) is 31.9 Å². The van der Waals surface area contributed by atoms with Crippen LogP contribution in [0.1, 0.15) is 36.0 Å². The molecule has 0 saturated carbocycles. The van der Waals surface area contributed by atoms with Gasteiger partial charge >= 0.3 is 0 Å². The van der Waals surface area contributed by atoms with Crippen LogP contribution in [0.5, 0.6) is 0 Å². The molecule has 3 aliphatic heterocycles. The number of hydrogen-bond acceptors (Lipinski definition) is 3. The molecule has 0 aliphatic carbocycles. The van der Waals surface area contributed by atoms with Crippen molar-refractivity contribution < 1.29 is 18.7 Å². The van der Waals surface area contributed by atoms with Gasteiger partial charge in [-0.15, -0.1) is 0 Å². The Bertz CT molecular complexity index is 734. The molecule has 4 nitrogen and oxygen atoms in total. The van der Waals surface area contributed by atoms with Crippen LogP contribution in [0, 0.1) is 11.2 Å². The fourth-order valence-electron chi connectivity index (χ4n) is 4.74. The first kappa shape index (κ1) is 18.0. The number of benzene rings is 1. The van der Waals surface area contributed by atoms with Crippen molar-refractivity contribution in [2.45, 2.75) is 31.7 Å². The summed E-state index contributed by atoms with van der Waals surface area (Å²) in [7, 11) is 0. The molecule has 26 heavy (non-hydrogen) atoms. The molecule has 1 aromatic rings. The van der Waals surface area contributed by atoms with Crippen molar-refractivity contribution in [2.75, 3.05) is 33.0 Å². The molecule has 2 fully saturated rings. The lowest BCUT2D eigenvalue weighted by Gasteiger charge is -2.54. The van der Waals surface area contributed by atoms with Gasteiger partial charge in [0.25, 0.3) is 5.91 Å². The van der Waals surface area contributed by atoms with E-state index >= 15 is 0 Å². The molecule has 0 N–H and O–H groups in total. The number of rotatable bonds is 2. The maximum absolute atomic E-state index is 13.4. The van der Waals surface area contributed by atoms with E-state index in [9.17, 15) is 9.18 Å². The van der Waals surface area contributed by atoms with Crippen molar-refractivity contribution in [3.63, 3.8) is 0 Å². The van der Waals surface area contributed by atoms with Crippen molar-refractivity contribution in [3.8, 4) is 0 Å². The molecule has 0 unspecified atom stereocenters. The molecule has 6 heteroatoms. The van der Waals surface area contributed by atoms with E-state index in [0.717, 1.165) is 32.3 Å². The number of amides is 1. The first-order chi connectivity index (χ1) is 12.6. The van der Waals surface area contributed by atoms with Crippen molar-refractivity contribution >= 4 is 17.5 Å². The molecule has 0 radical (unpaired) electrons. The predicted molar refractivity (Wildman–Crippen MR) is 96.9 cm³/mol. The van der Waals surface area contributed by atoms with Crippen LogP contribution in [-0.4, -0.2) is 49.8 Å². The molecule has 140 valence electrons. The van der Waals surface area contributed by atoms with Crippen LogP contribution in [0.3, 0.4) is 0 Å². The molecule has 2 atom stereocenters. The van der Waals surface area contributed by atoms with E-state index < -0.39 is 5.82 Å². The summed E-state index contributed by atoms with van der Waals surface area (Å²) in [5.74, 6) is -0.545. The van der Waals surface area contributed by atoms with Gasteiger partial charge in [0.1, 0.15) is 5.82 Å². The second-order valence-corrected chi connectivity index (χ2v) is 7.70. The highest BCUT2D eigenvalue weighted by Gasteiger charge is 2.50. The van der Waals surface area contributed by atoms with Crippen LogP contribution in [0.2, 0.25) is 5.02 Å². The molecular weight excluding hydrogens is 357 g/mol. The molecule has 0 aromatic heterocycles. The Morgan fingerprint density at radius 1 is 1.31 bits per heavy atom. The van der Waals surface area contributed by atoms with Crippen molar-refractivity contribution in [1.82, 2.24) is 4.90 Å². The smallest absolute Gasteiger partial charge is 0.255 e. The van der Waals surface area contributed by atoms with Crippen molar-refractivity contribution in [1.29, 1.82) is 0 Å². The lowest BCUT2D eigenvalue weighted by atomic mass is 9.65. The Balaban J connectivity index is 1.68.